The van der Waals surface area contributed by atoms with Crippen LogP contribution in [-0.4, -0.2) is 35.1 Å². The molecule has 0 unspecified atom stereocenters. The van der Waals surface area contributed by atoms with Crippen LogP contribution in [0.2, 0.25) is 0 Å². The molecular formula is C23H24F3N5O3. The third-order valence-electron chi connectivity index (χ3n) is 4.94. The molecule has 0 aliphatic rings. The Labute approximate surface area is 193 Å². The number of benzene rings is 2. The number of amides is 2. The number of carbonyl (C=O) groups excluding carboxylic acids is 2. The van der Waals surface area contributed by atoms with Crippen molar-refractivity contribution in [1.82, 2.24) is 15.3 Å². The van der Waals surface area contributed by atoms with E-state index in [1.165, 1.54) is 7.11 Å². The maximum Gasteiger partial charge on any atom is 0.416 e. The molecule has 3 N–H and O–H groups in total. The van der Waals surface area contributed by atoms with Gasteiger partial charge < -0.3 is 20.7 Å². The molecule has 0 saturated heterocycles. The first-order valence-corrected chi connectivity index (χ1v) is 10.4. The summed E-state index contributed by atoms with van der Waals surface area (Å²) in [6.45, 7) is 3.68. The summed E-state index contributed by atoms with van der Waals surface area (Å²) >= 11 is 0. The number of aromatic nitrogens is 2. The zero-order chi connectivity index (χ0) is 24.9. The Morgan fingerprint density at radius 3 is 2.32 bits per heavy atom. The first-order chi connectivity index (χ1) is 16.1. The van der Waals surface area contributed by atoms with Crippen molar-refractivity contribution >= 4 is 34.4 Å². The number of hydrogen-bond acceptors (Lipinski definition) is 6. The number of rotatable bonds is 7. The largest absolute Gasteiger partial charge is 0.467 e. The number of nitrogens with zero attached hydrogens (tertiary/aromatic N) is 2. The summed E-state index contributed by atoms with van der Waals surface area (Å²) < 4.78 is 42.9. The fraction of sp³-hybridized carbons (Fsp3) is 0.304. The lowest BCUT2D eigenvalue weighted by atomic mass is 10.0. The summed E-state index contributed by atoms with van der Waals surface area (Å²) in [5.74, 6) is 0.163. The molecule has 11 heteroatoms. The number of para-hydroxylation sites is 1. The number of methoxy groups -OCH3 is 1. The molecule has 2 amide bonds. The number of hydrogen-bond donors (Lipinski definition) is 3. The highest BCUT2D eigenvalue weighted by Gasteiger charge is 2.30. The molecular weight excluding hydrogens is 451 g/mol. The van der Waals surface area contributed by atoms with Crippen LogP contribution < -0.4 is 16.0 Å². The van der Waals surface area contributed by atoms with Crippen LogP contribution in [0.1, 0.15) is 25.2 Å². The van der Waals surface area contributed by atoms with Crippen LogP contribution in [0, 0.1) is 5.92 Å². The Kier molecular flexibility index (Phi) is 7.54. The van der Waals surface area contributed by atoms with Crippen molar-refractivity contribution in [3.05, 3.63) is 59.9 Å². The van der Waals surface area contributed by atoms with E-state index in [1.54, 1.807) is 18.2 Å². The number of ether oxygens (including phenoxy) is 1. The third kappa shape index (κ3) is 6.12. The molecule has 3 rings (SSSR count). The van der Waals surface area contributed by atoms with Crippen molar-refractivity contribution in [2.75, 3.05) is 17.7 Å². The van der Waals surface area contributed by atoms with E-state index in [4.69, 9.17) is 4.74 Å². The topological polar surface area (TPSA) is 105 Å². The highest BCUT2D eigenvalue weighted by atomic mass is 19.4. The molecule has 0 aliphatic heterocycles. The quantitative estimate of drug-likeness (QED) is 0.432. The molecule has 0 saturated carbocycles. The molecule has 3 aromatic rings. The smallest absolute Gasteiger partial charge is 0.416 e. The highest BCUT2D eigenvalue weighted by molar-refractivity contribution is 5.91. The first kappa shape index (κ1) is 24.7. The van der Waals surface area contributed by atoms with E-state index >= 15 is 0 Å². The van der Waals surface area contributed by atoms with Crippen molar-refractivity contribution < 1.29 is 27.5 Å². The zero-order valence-electron chi connectivity index (χ0n) is 18.7. The summed E-state index contributed by atoms with van der Waals surface area (Å²) in [4.78, 5) is 33.3. The van der Waals surface area contributed by atoms with E-state index in [0.717, 1.165) is 24.3 Å². The molecule has 0 aliphatic carbocycles. The predicted octanol–water partition coefficient (Wildman–Crippen LogP) is 4.58. The Balaban J connectivity index is 1.74. The number of nitrogens with one attached hydrogen (secondary N) is 3. The number of anilines is 2. The molecule has 180 valence electrons. The Hall–Kier alpha value is -3.89. The SMILES string of the molecule is COC(=O)[C@@H](Nc1nc(CNC(=O)Nc2ccc(C(F)(F)F)cc2)nc2ccccc12)C(C)C. The van der Waals surface area contributed by atoms with E-state index < -0.39 is 29.8 Å². The van der Waals surface area contributed by atoms with Crippen LogP contribution in [0.4, 0.5) is 29.5 Å². The fourth-order valence-corrected chi connectivity index (χ4v) is 3.16. The average molecular weight is 475 g/mol. The molecule has 1 atom stereocenters. The summed E-state index contributed by atoms with van der Waals surface area (Å²) in [6.07, 6.45) is -4.46. The van der Waals surface area contributed by atoms with Gasteiger partial charge in [0.1, 0.15) is 11.9 Å². The van der Waals surface area contributed by atoms with Gasteiger partial charge in [0, 0.05) is 11.1 Å². The normalized spacial score (nSPS) is 12.3. The van der Waals surface area contributed by atoms with Gasteiger partial charge in [0.2, 0.25) is 0 Å². The van der Waals surface area contributed by atoms with E-state index in [0.29, 0.717) is 16.7 Å². The van der Waals surface area contributed by atoms with Crippen molar-refractivity contribution in [3.8, 4) is 0 Å². The van der Waals surface area contributed by atoms with Crippen molar-refractivity contribution in [3.63, 3.8) is 0 Å². The molecule has 34 heavy (non-hydrogen) atoms. The van der Waals surface area contributed by atoms with Gasteiger partial charge in [-0.3, -0.25) is 0 Å². The van der Waals surface area contributed by atoms with Gasteiger partial charge in [-0.1, -0.05) is 26.0 Å². The molecule has 1 aromatic heterocycles. The summed E-state index contributed by atoms with van der Waals surface area (Å²) in [5.41, 5.74) is -0.00725. The van der Waals surface area contributed by atoms with E-state index in [9.17, 15) is 22.8 Å². The number of halogens is 3. The Morgan fingerprint density at radius 1 is 1.03 bits per heavy atom. The number of esters is 1. The second-order valence-electron chi connectivity index (χ2n) is 7.78. The van der Waals surface area contributed by atoms with Gasteiger partial charge in [-0.15, -0.1) is 0 Å². The number of alkyl halides is 3. The van der Waals surface area contributed by atoms with Crippen molar-refractivity contribution in [2.45, 2.75) is 32.6 Å². The molecule has 0 radical (unpaired) electrons. The van der Waals surface area contributed by atoms with Gasteiger partial charge in [0.25, 0.3) is 0 Å². The predicted molar refractivity (Wildman–Crippen MR) is 121 cm³/mol. The number of fused-ring (bicyclic) bond motifs is 1. The molecule has 0 spiro atoms. The van der Waals surface area contributed by atoms with Crippen LogP contribution in [-0.2, 0) is 22.3 Å². The minimum absolute atomic E-state index is 0.0590. The van der Waals surface area contributed by atoms with Crippen LogP contribution in [0.5, 0.6) is 0 Å². The maximum atomic E-state index is 12.7. The second kappa shape index (κ2) is 10.4. The van der Waals surface area contributed by atoms with Gasteiger partial charge in [0.05, 0.1) is 24.7 Å². The molecule has 8 nitrogen and oxygen atoms in total. The molecule has 0 bridgehead atoms. The lowest BCUT2D eigenvalue weighted by Crippen LogP contribution is -2.36. The maximum absolute atomic E-state index is 12.7. The lowest BCUT2D eigenvalue weighted by molar-refractivity contribution is -0.142. The molecule has 1 heterocycles. The minimum Gasteiger partial charge on any atom is -0.467 e. The number of urea groups is 1. The van der Waals surface area contributed by atoms with Gasteiger partial charge in [0.15, 0.2) is 5.82 Å². The summed E-state index contributed by atoms with van der Waals surface area (Å²) in [6, 6.07) is 10.00. The van der Waals surface area contributed by atoms with Gasteiger partial charge in [-0.05, 0) is 42.3 Å². The van der Waals surface area contributed by atoms with Gasteiger partial charge in [-0.25, -0.2) is 19.6 Å². The lowest BCUT2D eigenvalue weighted by Gasteiger charge is -2.21. The van der Waals surface area contributed by atoms with Crippen molar-refractivity contribution in [2.24, 2.45) is 5.92 Å². The van der Waals surface area contributed by atoms with E-state index in [1.807, 2.05) is 19.9 Å². The third-order valence-corrected chi connectivity index (χ3v) is 4.94. The second-order valence-corrected chi connectivity index (χ2v) is 7.78. The monoisotopic (exact) mass is 475 g/mol. The van der Waals surface area contributed by atoms with Crippen LogP contribution >= 0.6 is 0 Å². The minimum atomic E-state index is -4.46. The highest BCUT2D eigenvalue weighted by Crippen LogP contribution is 2.29. The summed E-state index contributed by atoms with van der Waals surface area (Å²) in [5, 5.41) is 8.84. The summed E-state index contributed by atoms with van der Waals surface area (Å²) in [7, 11) is 1.31. The average Bonchev–Trinajstić information content (AvgIpc) is 2.80. The Morgan fingerprint density at radius 2 is 1.71 bits per heavy atom. The van der Waals surface area contributed by atoms with E-state index in [-0.39, 0.29) is 24.0 Å². The standard InChI is InChI=1S/C23H24F3N5O3/c1-13(2)19(21(32)34-3)31-20-16-6-4-5-7-17(16)29-18(30-20)12-27-22(33)28-15-10-8-14(9-11-15)23(24,25)26/h4-11,13,19H,12H2,1-3H3,(H2,27,28,33)(H,29,30,31)/t19-/m0/s1. The fourth-order valence-electron chi connectivity index (χ4n) is 3.16. The van der Waals surface area contributed by atoms with Gasteiger partial charge >= 0.3 is 18.2 Å². The van der Waals surface area contributed by atoms with Crippen LogP contribution in [0.3, 0.4) is 0 Å². The van der Waals surface area contributed by atoms with Gasteiger partial charge in [-0.2, -0.15) is 13.2 Å². The van der Waals surface area contributed by atoms with E-state index in [2.05, 4.69) is 25.9 Å². The zero-order valence-corrected chi connectivity index (χ0v) is 18.7. The van der Waals surface area contributed by atoms with Crippen LogP contribution in [0.25, 0.3) is 10.9 Å². The number of carbonyl (C=O) groups is 2. The van der Waals surface area contributed by atoms with Crippen molar-refractivity contribution in [1.29, 1.82) is 0 Å². The van der Waals surface area contributed by atoms with Crippen LogP contribution in [0.15, 0.2) is 48.5 Å². The first-order valence-electron chi connectivity index (χ1n) is 10.4. The Bertz CT molecular complexity index is 1170. The molecule has 2 aromatic carbocycles. The molecule has 0 fully saturated rings.